The van der Waals surface area contributed by atoms with E-state index in [9.17, 15) is 33.0 Å². The summed E-state index contributed by atoms with van der Waals surface area (Å²) in [5, 5.41) is 7.09. The first-order valence-electron chi connectivity index (χ1n) is 12.5. The van der Waals surface area contributed by atoms with E-state index in [1.165, 1.54) is 24.3 Å². The van der Waals surface area contributed by atoms with Gasteiger partial charge in [-0.25, -0.2) is 4.39 Å². The zero-order chi connectivity index (χ0) is 29.8. The number of hydrogen-bond donors (Lipinski definition) is 5. The molecule has 0 fully saturated rings. The topological polar surface area (TPSA) is 168 Å². The van der Waals surface area contributed by atoms with Crippen LogP contribution in [-0.4, -0.2) is 47.3 Å². The van der Waals surface area contributed by atoms with Gasteiger partial charge >= 0.3 is 0 Å². The minimum atomic E-state index is -4.47. The summed E-state index contributed by atoms with van der Waals surface area (Å²) in [7, 11) is -4.47. The predicted molar refractivity (Wildman–Crippen MR) is 152 cm³/mol. The van der Waals surface area contributed by atoms with Crippen LogP contribution in [0.5, 0.6) is 0 Å². The molecule has 0 bridgehead atoms. The van der Waals surface area contributed by atoms with Crippen LogP contribution in [0.3, 0.4) is 0 Å². The van der Waals surface area contributed by atoms with Gasteiger partial charge < -0.3 is 26.6 Å². The first-order valence-corrected chi connectivity index (χ1v) is 14.5. The molecule has 0 heterocycles. The summed E-state index contributed by atoms with van der Waals surface area (Å²) in [6.45, 7) is -0.587. The second kappa shape index (κ2) is 14.7. The molecular weight excluding hydrogens is 550 g/mol. The molecule has 3 rings (SSSR count). The van der Waals surface area contributed by atoms with Gasteiger partial charge in [0.05, 0.1) is 6.54 Å². The largest absolute Gasteiger partial charge is 0.368 e. The number of amides is 4. The zero-order valence-corrected chi connectivity index (χ0v) is 22.8. The quantitative estimate of drug-likeness (QED) is 0.195. The van der Waals surface area contributed by atoms with Crippen molar-refractivity contribution < 1.29 is 33.0 Å². The number of benzene rings is 3. The molecule has 0 spiro atoms. The lowest BCUT2D eigenvalue weighted by atomic mass is 10.1. The number of rotatable bonds is 13. The summed E-state index contributed by atoms with van der Waals surface area (Å²) < 4.78 is 26.9. The van der Waals surface area contributed by atoms with Gasteiger partial charge in [0.2, 0.25) is 25.1 Å². The van der Waals surface area contributed by atoms with E-state index >= 15 is 0 Å². The lowest BCUT2D eigenvalue weighted by molar-refractivity contribution is -0.128. The summed E-state index contributed by atoms with van der Waals surface area (Å²) >= 11 is 0. The van der Waals surface area contributed by atoms with Crippen LogP contribution in [0.1, 0.15) is 33.7 Å². The summed E-state index contributed by atoms with van der Waals surface area (Å²) in [6, 6.07) is 20.9. The maximum absolute atomic E-state index is 13.6. The highest BCUT2D eigenvalue weighted by Crippen LogP contribution is 2.53. The molecule has 3 aromatic carbocycles. The van der Waals surface area contributed by atoms with Crippen molar-refractivity contribution in [1.29, 1.82) is 0 Å². The zero-order valence-electron chi connectivity index (χ0n) is 21.9. The van der Waals surface area contributed by atoms with Gasteiger partial charge in [0, 0.05) is 5.56 Å². The molecule has 41 heavy (non-hydrogen) atoms. The first kappa shape index (κ1) is 30.9. The number of nitrogens with two attached hydrogens (primary N) is 1. The van der Waals surface area contributed by atoms with Gasteiger partial charge in [-0.15, -0.1) is 0 Å². The molecule has 3 atom stereocenters. The molecule has 2 unspecified atom stereocenters. The molecule has 0 aliphatic rings. The Morgan fingerprint density at radius 1 is 0.902 bits per heavy atom. The van der Waals surface area contributed by atoms with Crippen molar-refractivity contribution in [3.63, 3.8) is 0 Å². The normalized spacial score (nSPS) is 13.9. The maximum Gasteiger partial charge on any atom is 0.252 e. The molecule has 12 heteroatoms. The van der Waals surface area contributed by atoms with E-state index in [1.54, 1.807) is 30.4 Å². The van der Waals surface area contributed by atoms with Crippen LogP contribution in [0.4, 0.5) is 4.39 Å². The summed E-state index contributed by atoms with van der Waals surface area (Å²) in [6.07, 6.45) is 2.62. The molecule has 0 saturated heterocycles. The standard InChI is InChI=1S/C29H30FN4O6P/c30-23-15-8-14-22(17-23)28(38)34-29(21-12-5-2-6-13-21)41(39,40)19-26(36)32-18-25(35)33-24(27(31)37)16-7-11-20-9-3-1-4-10-20/h1-15,17,24,29H,16,18-19H2,(H2,31,37)(H,32,36)(H,33,35)(H,34,38)(H,39,40)/b11-7+/t24-,29?/m0/s1. The molecule has 0 radical (unpaired) electrons. The van der Waals surface area contributed by atoms with Gasteiger partial charge in [-0.1, -0.05) is 78.9 Å². The Labute approximate surface area is 236 Å². The van der Waals surface area contributed by atoms with Gasteiger partial charge in [-0.05, 0) is 35.7 Å². The number of carbonyl (C=O) groups is 4. The molecule has 214 valence electrons. The molecule has 0 aliphatic heterocycles. The fraction of sp³-hybridized carbons (Fsp3) is 0.172. The van der Waals surface area contributed by atoms with Crippen LogP contribution in [0.25, 0.3) is 6.08 Å². The van der Waals surface area contributed by atoms with Gasteiger partial charge in [-0.3, -0.25) is 23.7 Å². The second-order valence-electron chi connectivity index (χ2n) is 9.06. The van der Waals surface area contributed by atoms with E-state index < -0.39 is 61.3 Å². The molecular formula is C29H30FN4O6P. The molecule has 4 amide bonds. The van der Waals surface area contributed by atoms with Gasteiger partial charge in [-0.2, -0.15) is 0 Å². The highest BCUT2D eigenvalue weighted by Gasteiger charge is 2.36. The van der Waals surface area contributed by atoms with Crippen molar-refractivity contribution in [3.05, 3.63) is 114 Å². The van der Waals surface area contributed by atoms with E-state index in [4.69, 9.17) is 5.73 Å². The van der Waals surface area contributed by atoms with E-state index in [0.717, 1.165) is 17.7 Å². The van der Waals surface area contributed by atoms with Crippen molar-refractivity contribution in [2.75, 3.05) is 12.7 Å². The smallest absolute Gasteiger partial charge is 0.252 e. The predicted octanol–water partition coefficient (Wildman–Crippen LogP) is 2.71. The van der Waals surface area contributed by atoms with Crippen LogP contribution < -0.4 is 21.7 Å². The Bertz CT molecular complexity index is 1450. The minimum Gasteiger partial charge on any atom is -0.368 e. The third kappa shape index (κ3) is 9.82. The number of carbonyl (C=O) groups excluding carboxylic acids is 4. The molecule has 10 nitrogen and oxygen atoms in total. The van der Waals surface area contributed by atoms with Crippen LogP contribution in [0.2, 0.25) is 0 Å². The Morgan fingerprint density at radius 3 is 2.20 bits per heavy atom. The van der Waals surface area contributed by atoms with E-state index in [1.807, 2.05) is 30.3 Å². The Balaban J connectivity index is 1.60. The monoisotopic (exact) mass is 580 g/mol. The number of nitrogens with one attached hydrogen (secondary N) is 3. The Morgan fingerprint density at radius 2 is 1.56 bits per heavy atom. The lowest BCUT2D eigenvalue weighted by Gasteiger charge is -2.24. The fourth-order valence-electron chi connectivity index (χ4n) is 3.82. The molecule has 0 saturated carbocycles. The summed E-state index contributed by atoms with van der Waals surface area (Å²) in [4.78, 5) is 60.3. The van der Waals surface area contributed by atoms with E-state index in [-0.39, 0.29) is 17.5 Å². The lowest BCUT2D eigenvalue weighted by Crippen LogP contribution is -2.48. The molecule has 0 aromatic heterocycles. The number of primary amides is 1. The number of hydrogen-bond acceptors (Lipinski definition) is 5. The third-order valence-electron chi connectivity index (χ3n) is 5.85. The second-order valence-corrected chi connectivity index (χ2v) is 11.4. The molecule has 6 N–H and O–H groups in total. The van der Waals surface area contributed by atoms with Crippen molar-refractivity contribution in [2.24, 2.45) is 5.73 Å². The van der Waals surface area contributed by atoms with Crippen molar-refractivity contribution >= 4 is 37.1 Å². The number of halogens is 1. The van der Waals surface area contributed by atoms with Crippen LogP contribution in [0.15, 0.2) is 91.0 Å². The fourth-order valence-corrected chi connectivity index (χ4v) is 5.48. The average Bonchev–Trinajstić information content (AvgIpc) is 2.94. The summed E-state index contributed by atoms with van der Waals surface area (Å²) in [5.41, 5.74) is 6.45. The molecule has 0 aliphatic carbocycles. The highest BCUT2D eigenvalue weighted by atomic mass is 31.2. The van der Waals surface area contributed by atoms with Crippen molar-refractivity contribution in [2.45, 2.75) is 18.2 Å². The highest BCUT2D eigenvalue weighted by molar-refractivity contribution is 7.59. The average molecular weight is 581 g/mol. The van der Waals surface area contributed by atoms with Crippen LogP contribution in [0, 0.1) is 5.82 Å². The SMILES string of the molecule is NC(=O)[C@H](C/C=C/c1ccccc1)NC(=O)CNC(=O)CP(=O)(O)C(NC(=O)c1cccc(F)c1)c1ccccc1. The Hall–Kier alpha value is -4.60. The third-order valence-corrected chi connectivity index (χ3v) is 7.82. The van der Waals surface area contributed by atoms with Gasteiger partial charge in [0.25, 0.3) is 5.91 Å². The van der Waals surface area contributed by atoms with Crippen LogP contribution >= 0.6 is 7.37 Å². The van der Waals surface area contributed by atoms with E-state index in [0.29, 0.717) is 0 Å². The van der Waals surface area contributed by atoms with Crippen molar-refractivity contribution in [1.82, 2.24) is 16.0 Å². The minimum absolute atomic E-state index is 0.0744. The molecule has 3 aromatic rings. The summed E-state index contributed by atoms with van der Waals surface area (Å²) in [5.74, 6) is -5.42. The maximum atomic E-state index is 13.6. The van der Waals surface area contributed by atoms with Crippen LogP contribution in [-0.2, 0) is 18.9 Å². The Kier molecular flexibility index (Phi) is 11.1. The van der Waals surface area contributed by atoms with Gasteiger partial charge in [0.1, 0.15) is 23.8 Å². The van der Waals surface area contributed by atoms with Crippen molar-refractivity contribution in [3.8, 4) is 0 Å². The first-order chi connectivity index (χ1) is 19.5. The van der Waals surface area contributed by atoms with E-state index in [2.05, 4.69) is 16.0 Å². The van der Waals surface area contributed by atoms with Gasteiger partial charge in [0.15, 0.2) is 0 Å².